The first-order chi connectivity index (χ1) is 9.16. The molecule has 1 aliphatic heterocycles. The summed E-state index contributed by atoms with van der Waals surface area (Å²) in [7, 11) is 0. The number of imide groups is 2. The SMILES string of the molecule is Cc1cc(C(C)N2C(=O)NC(=O)C(C)(C)C2=O)c(C)s1. The summed E-state index contributed by atoms with van der Waals surface area (Å²) in [5.41, 5.74) is -0.276. The van der Waals surface area contributed by atoms with Gasteiger partial charge < -0.3 is 0 Å². The zero-order valence-electron chi connectivity index (χ0n) is 12.2. The van der Waals surface area contributed by atoms with Gasteiger partial charge in [0.1, 0.15) is 5.41 Å². The second kappa shape index (κ2) is 4.70. The first-order valence-corrected chi connectivity index (χ1v) is 7.24. The van der Waals surface area contributed by atoms with Crippen LogP contribution in [0.15, 0.2) is 6.07 Å². The highest BCUT2D eigenvalue weighted by Gasteiger charge is 2.48. The molecular formula is C14H18N2O3S. The van der Waals surface area contributed by atoms with Gasteiger partial charge in [0.2, 0.25) is 11.8 Å². The number of thiophene rings is 1. The van der Waals surface area contributed by atoms with Crippen LogP contribution in [0, 0.1) is 19.3 Å². The normalized spacial score (nSPS) is 20.1. The fourth-order valence-electron chi connectivity index (χ4n) is 2.36. The lowest BCUT2D eigenvalue weighted by atomic mass is 9.87. The molecule has 1 aromatic heterocycles. The third kappa shape index (κ3) is 2.14. The minimum atomic E-state index is -1.22. The van der Waals surface area contributed by atoms with Crippen LogP contribution < -0.4 is 5.32 Å². The summed E-state index contributed by atoms with van der Waals surface area (Å²) < 4.78 is 0. The molecule has 0 spiro atoms. The molecule has 0 bridgehead atoms. The maximum absolute atomic E-state index is 12.4. The molecule has 0 saturated carbocycles. The van der Waals surface area contributed by atoms with Crippen LogP contribution >= 0.6 is 11.3 Å². The van der Waals surface area contributed by atoms with Crippen molar-refractivity contribution in [2.45, 2.75) is 40.7 Å². The van der Waals surface area contributed by atoms with Gasteiger partial charge in [-0.15, -0.1) is 11.3 Å². The van der Waals surface area contributed by atoms with Crippen molar-refractivity contribution < 1.29 is 14.4 Å². The van der Waals surface area contributed by atoms with Crippen molar-refractivity contribution in [1.29, 1.82) is 0 Å². The van der Waals surface area contributed by atoms with E-state index in [1.165, 1.54) is 13.8 Å². The quantitative estimate of drug-likeness (QED) is 0.852. The zero-order valence-corrected chi connectivity index (χ0v) is 13.1. The van der Waals surface area contributed by atoms with E-state index >= 15 is 0 Å². The minimum absolute atomic E-state index is 0.389. The number of carbonyl (C=O) groups excluding carboxylic acids is 3. The Morgan fingerprint density at radius 3 is 2.35 bits per heavy atom. The number of barbiturate groups is 1. The number of rotatable bonds is 2. The molecule has 4 amide bonds. The van der Waals surface area contributed by atoms with Crippen LogP contribution in [0.25, 0.3) is 0 Å². The highest BCUT2D eigenvalue weighted by Crippen LogP contribution is 2.34. The maximum atomic E-state index is 12.4. The van der Waals surface area contributed by atoms with Crippen molar-refractivity contribution >= 4 is 29.2 Å². The molecular weight excluding hydrogens is 276 g/mol. The van der Waals surface area contributed by atoms with E-state index in [1.807, 2.05) is 19.9 Å². The average Bonchev–Trinajstić information content (AvgIpc) is 2.66. The molecule has 108 valence electrons. The Bertz CT molecular complexity index is 604. The van der Waals surface area contributed by atoms with Crippen molar-refractivity contribution in [3.63, 3.8) is 0 Å². The van der Waals surface area contributed by atoms with Crippen molar-refractivity contribution in [2.75, 3.05) is 0 Å². The number of aryl methyl sites for hydroxylation is 2. The smallest absolute Gasteiger partial charge is 0.277 e. The molecule has 0 radical (unpaired) electrons. The van der Waals surface area contributed by atoms with Crippen molar-refractivity contribution in [1.82, 2.24) is 10.2 Å². The zero-order chi connectivity index (χ0) is 15.2. The van der Waals surface area contributed by atoms with Crippen molar-refractivity contribution in [3.05, 3.63) is 21.4 Å². The van der Waals surface area contributed by atoms with Crippen LogP contribution in [0.2, 0.25) is 0 Å². The van der Waals surface area contributed by atoms with E-state index in [1.54, 1.807) is 18.3 Å². The number of amides is 4. The topological polar surface area (TPSA) is 66.5 Å². The minimum Gasteiger partial charge on any atom is -0.277 e. The van der Waals surface area contributed by atoms with Gasteiger partial charge in [0.05, 0.1) is 6.04 Å². The van der Waals surface area contributed by atoms with Gasteiger partial charge in [-0.2, -0.15) is 0 Å². The summed E-state index contributed by atoms with van der Waals surface area (Å²) in [6, 6.07) is 0.948. The number of hydrogen-bond donors (Lipinski definition) is 1. The molecule has 6 heteroatoms. The largest absolute Gasteiger partial charge is 0.331 e. The van der Waals surface area contributed by atoms with Gasteiger partial charge in [-0.3, -0.25) is 19.8 Å². The Morgan fingerprint density at radius 1 is 1.25 bits per heavy atom. The molecule has 1 atom stereocenters. The van der Waals surface area contributed by atoms with Gasteiger partial charge in [0.15, 0.2) is 0 Å². The van der Waals surface area contributed by atoms with E-state index in [4.69, 9.17) is 0 Å². The molecule has 2 rings (SSSR count). The van der Waals surface area contributed by atoms with Crippen molar-refractivity contribution in [3.8, 4) is 0 Å². The summed E-state index contributed by atoms with van der Waals surface area (Å²) in [5, 5.41) is 2.26. The van der Waals surface area contributed by atoms with E-state index in [-0.39, 0.29) is 6.04 Å². The molecule has 1 aliphatic rings. The van der Waals surface area contributed by atoms with E-state index in [2.05, 4.69) is 5.32 Å². The summed E-state index contributed by atoms with van der Waals surface area (Å²) in [6.07, 6.45) is 0. The first kappa shape index (κ1) is 14.7. The number of urea groups is 1. The Labute approximate surface area is 122 Å². The van der Waals surface area contributed by atoms with Crippen LogP contribution in [-0.2, 0) is 9.59 Å². The fraction of sp³-hybridized carbons (Fsp3) is 0.500. The Morgan fingerprint density at radius 2 is 1.85 bits per heavy atom. The van der Waals surface area contributed by atoms with Gasteiger partial charge >= 0.3 is 6.03 Å². The molecule has 1 N–H and O–H groups in total. The number of nitrogens with one attached hydrogen (secondary N) is 1. The highest BCUT2D eigenvalue weighted by atomic mass is 32.1. The van der Waals surface area contributed by atoms with Crippen LogP contribution in [0.3, 0.4) is 0 Å². The Kier molecular flexibility index (Phi) is 3.46. The average molecular weight is 294 g/mol. The van der Waals surface area contributed by atoms with Crippen LogP contribution in [0.4, 0.5) is 4.79 Å². The van der Waals surface area contributed by atoms with Crippen LogP contribution in [0.5, 0.6) is 0 Å². The third-order valence-corrected chi connectivity index (χ3v) is 4.66. The molecule has 0 aromatic carbocycles. The van der Waals surface area contributed by atoms with E-state index < -0.39 is 23.3 Å². The Balaban J connectivity index is 2.40. The molecule has 1 aromatic rings. The highest BCUT2D eigenvalue weighted by molar-refractivity contribution is 7.12. The molecule has 0 aliphatic carbocycles. The summed E-state index contributed by atoms with van der Waals surface area (Å²) >= 11 is 1.63. The lowest BCUT2D eigenvalue weighted by Crippen LogP contribution is -2.62. The molecule has 20 heavy (non-hydrogen) atoms. The number of nitrogens with zero attached hydrogens (tertiary/aromatic N) is 1. The number of carbonyl (C=O) groups is 3. The maximum Gasteiger partial charge on any atom is 0.331 e. The van der Waals surface area contributed by atoms with Gasteiger partial charge in [-0.05, 0) is 46.2 Å². The molecule has 2 heterocycles. The third-order valence-electron chi connectivity index (χ3n) is 3.68. The fourth-order valence-corrected chi connectivity index (χ4v) is 3.38. The molecule has 1 saturated heterocycles. The number of hydrogen-bond acceptors (Lipinski definition) is 4. The van der Waals surface area contributed by atoms with Gasteiger partial charge in [0.25, 0.3) is 0 Å². The summed E-state index contributed by atoms with van der Waals surface area (Å²) in [5.74, 6) is -1.00. The second-order valence-corrected chi connectivity index (χ2v) is 7.06. The molecule has 5 nitrogen and oxygen atoms in total. The van der Waals surface area contributed by atoms with Gasteiger partial charge in [-0.25, -0.2) is 4.79 Å². The monoisotopic (exact) mass is 294 g/mol. The van der Waals surface area contributed by atoms with Crippen LogP contribution in [0.1, 0.15) is 42.1 Å². The lowest BCUT2D eigenvalue weighted by Gasteiger charge is -2.37. The predicted octanol–water partition coefficient (Wildman–Crippen LogP) is 2.53. The first-order valence-electron chi connectivity index (χ1n) is 6.42. The van der Waals surface area contributed by atoms with Crippen LogP contribution in [-0.4, -0.2) is 22.7 Å². The van der Waals surface area contributed by atoms with E-state index in [0.29, 0.717) is 0 Å². The van der Waals surface area contributed by atoms with Gasteiger partial charge in [-0.1, -0.05) is 0 Å². The van der Waals surface area contributed by atoms with Gasteiger partial charge in [0, 0.05) is 9.75 Å². The van der Waals surface area contributed by atoms with Crippen molar-refractivity contribution in [2.24, 2.45) is 5.41 Å². The standard InChI is InChI=1S/C14H18N2O3S/c1-7-6-10(9(3)20-7)8(2)16-12(18)14(4,5)11(17)15-13(16)19/h6,8H,1-5H3,(H,15,17,19). The Hall–Kier alpha value is -1.69. The summed E-state index contributed by atoms with van der Waals surface area (Å²) in [4.78, 5) is 39.5. The second-order valence-electron chi connectivity index (χ2n) is 5.60. The van der Waals surface area contributed by atoms with E-state index in [0.717, 1.165) is 20.2 Å². The predicted molar refractivity (Wildman–Crippen MR) is 76.4 cm³/mol. The lowest BCUT2D eigenvalue weighted by molar-refractivity contribution is -0.150. The van der Waals surface area contributed by atoms with E-state index in [9.17, 15) is 14.4 Å². The summed E-state index contributed by atoms with van der Waals surface area (Å²) in [6.45, 7) is 8.81. The molecule has 1 fully saturated rings. The molecule has 1 unspecified atom stereocenters.